The molecule has 0 aliphatic carbocycles. The van der Waals surface area contributed by atoms with E-state index in [0.29, 0.717) is 6.07 Å². The van der Waals surface area contributed by atoms with Crippen molar-refractivity contribution in [2.45, 2.75) is 6.18 Å². The maximum Gasteiger partial charge on any atom is 0.416 e. The molecular weight excluding hydrogens is 364 g/mol. The van der Waals surface area contributed by atoms with E-state index in [2.05, 4.69) is 31.9 Å². The Morgan fingerprint density at radius 2 is 1.80 bits per heavy atom. The van der Waals surface area contributed by atoms with Crippen molar-refractivity contribution in [3.05, 3.63) is 32.2 Å². The monoisotopic (exact) mass is 364 g/mol. The lowest BCUT2D eigenvalue weighted by Crippen LogP contribution is -2.07. The molecular formula is C8H2Br2ClF3O. The van der Waals surface area contributed by atoms with Gasteiger partial charge in [0.2, 0.25) is 0 Å². The fourth-order valence-electron chi connectivity index (χ4n) is 0.896. The highest BCUT2D eigenvalue weighted by atomic mass is 79.9. The van der Waals surface area contributed by atoms with Crippen molar-refractivity contribution in [3.63, 3.8) is 0 Å². The Balaban J connectivity index is 3.43. The van der Waals surface area contributed by atoms with Gasteiger partial charge in [0, 0.05) is 14.5 Å². The van der Waals surface area contributed by atoms with Gasteiger partial charge in [-0.3, -0.25) is 4.79 Å². The van der Waals surface area contributed by atoms with Gasteiger partial charge in [-0.2, -0.15) is 13.2 Å². The van der Waals surface area contributed by atoms with Crippen LogP contribution in [0.2, 0.25) is 0 Å². The van der Waals surface area contributed by atoms with Crippen LogP contribution in [0, 0.1) is 0 Å². The maximum absolute atomic E-state index is 12.4. The zero-order valence-corrected chi connectivity index (χ0v) is 10.8. The molecule has 82 valence electrons. The minimum atomic E-state index is -4.51. The Labute approximate surface area is 105 Å². The van der Waals surface area contributed by atoms with Crippen LogP contribution >= 0.6 is 43.5 Å². The molecule has 0 amide bonds. The normalized spacial score (nSPS) is 11.6. The summed E-state index contributed by atoms with van der Waals surface area (Å²) in [5.41, 5.74) is -1.15. The summed E-state index contributed by atoms with van der Waals surface area (Å²) in [5, 5.41) is -0.950. The van der Waals surface area contributed by atoms with Gasteiger partial charge in [-0.25, -0.2) is 0 Å². The van der Waals surface area contributed by atoms with E-state index in [-0.39, 0.29) is 14.5 Å². The highest BCUT2D eigenvalue weighted by Gasteiger charge is 2.32. The van der Waals surface area contributed by atoms with Crippen molar-refractivity contribution in [1.82, 2.24) is 0 Å². The van der Waals surface area contributed by atoms with Gasteiger partial charge in [0.15, 0.2) is 0 Å². The van der Waals surface area contributed by atoms with Gasteiger partial charge in [-0.15, -0.1) is 0 Å². The van der Waals surface area contributed by atoms with E-state index >= 15 is 0 Å². The molecule has 0 fully saturated rings. The second-order valence-corrected chi connectivity index (χ2v) is 4.58. The molecule has 1 nitrogen and oxygen atoms in total. The van der Waals surface area contributed by atoms with Crippen LogP contribution in [0.15, 0.2) is 21.1 Å². The van der Waals surface area contributed by atoms with Crippen LogP contribution in [0.4, 0.5) is 13.2 Å². The molecule has 0 saturated carbocycles. The van der Waals surface area contributed by atoms with Crippen LogP contribution in [0.3, 0.4) is 0 Å². The highest BCUT2D eigenvalue weighted by Crippen LogP contribution is 2.36. The Morgan fingerprint density at radius 1 is 1.27 bits per heavy atom. The summed E-state index contributed by atoms with van der Waals surface area (Å²) >= 11 is 11.0. The molecule has 7 heteroatoms. The molecule has 1 aromatic carbocycles. The molecule has 15 heavy (non-hydrogen) atoms. The molecule has 0 atom stereocenters. The minimum Gasteiger partial charge on any atom is -0.276 e. The fraction of sp³-hybridized carbons (Fsp3) is 0.125. The van der Waals surface area contributed by atoms with E-state index in [1.54, 1.807) is 0 Å². The largest absolute Gasteiger partial charge is 0.416 e. The molecule has 0 saturated heterocycles. The molecule has 1 rings (SSSR count). The number of hydrogen-bond acceptors (Lipinski definition) is 1. The first-order valence-electron chi connectivity index (χ1n) is 3.49. The van der Waals surface area contributed by atoms with Crippen LogP contribution in [0.25, 0.3) is 0 Å². The Bertz CT molecular complexity index is 417. The van der Waals surface area contributed by atoms with E-state index in [4.69, 9.17) is 11.6 Å². The highest BCUT2D eigenvalue weighted by molar-refractivity contribution is 9.13. The minimum absolute atomic E-state index is 0.126. The van der Waals surface area contributed by atoms with E-state index in [1.807, 2.05) is 0 Å². The SMILES string of the molecule is O=C(Cl)c1cc(C(F)(F)F)cc(Br)c1Br. The number of rotatable bonds is 1. The van der Waals surface area contributed by atoms with Crippen molar-refractivity contribution in [2.24, 2.45) is 0 Å². The number of hydrogen-bond donors (Lipinski definition) is 0. The summed E-state index contributed by atoms with van der Waals surface area (Å²) in [4.78, 5) is 10.8. The average Bonchev–Trinajstić information content (AvgIpc) is 2.06. The van der Waals surface area contributed by atoms with Crippen molar-refractivity contribution in [3.8, 4) is 0 Å². The third-order valence-corrected chi connectivity index (χ3v) is 3.78. The number of alkyl halides is 3. The quantitative estimate of drug-likeness (QED) is 0.664. The van der Waals surface area contributed by atoms with Crippen molar-refractivity contribution >= 4 is 48.7 Å². The first kappa shape index (κ1) is 13.0. The topological polar surface area (TPSA) is 17.1 Å². The van der Waals surface area contributed by atoms with E-state index in [9.17, 15) is 18.0 Å². The van der Waals surface area contributed by atoms with Crippen LogP contribution in [0.1, 0.15) is 15.9 Å². The first-order valence-corrected chi connectivity index (χ1v) is 5.46. The molecule has 0 spiro atoms. The smallest absolute Gasteiger partial charge is 0.276 e. The van der Waals surface area contributed by atoms with E-state index < -0.39 is 17.0 Å². The van der Waals surface area contributed by atoms with Gasteiger partial charge in [0.25, 0.3) is 5.24 Å². The molecule has 0 aromatic heterocycles. The summed E-state index contributed by atoms with van der Waals surface area (Å²) < 4.78 is 37.4. The zero-order valence-electron chi connectivity index (χ0n) is 6.83. The van der Waals surface area contributed by atoms with Gasteiger partial charge in [0.05, 0.1) is 5.56 Å². The number of benzene rings is 1. The van der Waals surface area contributed by atoms with E-state index in [1.165, 1.54) is 0 Å². The first-order chi connectivity index (χ1) is 6.73. The van der Waals surface area contributed by atoms with Gasteiger partial charge in [-0.05, 0) is 55.6 Å². The molecule has 0 aliphatic rings. The molecule has 0 N–H and O–H groups in total. The van der Waals surface area contributed by atoms with Crippen LogP contribution < -0.4 is 0 Å². The predicted molar refractivity (Wildman–Crippen MR) is 57.0 cm³/mol. The van der Waals surface area contributed by atoms with Crippen molar-refractivity contribution in [2.75, 3.05) is 0 Å². The summed E-state index contributed by atoms with van der Waals surface area (Å²) in [6.07, 6.45) is -4.51. The Kier molecular flexibility index (Phi) is 3.84. The lowest BCUT2D eigenvalue weighted by molar-refractivity contribution is -0.137. The standard InChI is InChI=1S/C8H2Br2ClF3O/c9-5-2-3(8(12,13)14)1-4(6(5)10)7(11)15/h1-2H. The van der Waals surface area contributed by atoms with E-state index in [0.717, 1.165) is 6.07 Å². The molecule has 0 unspecified atom stereocenters. The van der Waals surface area contributed by atoms with Gasteiger partial charge in [0.1, 0.15) is 0 Å². The second kappa shape index (κ2) is 4.43. The second-order valence-electron chi connectivity index (χ2n) is 2.59. The fourth-order valence-corrected chi connectivity index (χ4v) is 2.03. The zero-order chi connectivity index (χ0) is 11.8. The van der Waals surface area contributed by atoms with Crippen molar-refractivity contribution < 1.29 is 18.0 Å². The summed E-state index contributed by atoms with van der Waals surface area (Å²) in [6, 6.07) is 1.57. The van der Waals surface area contributed by atoms with Crippen LogP contribution in [0.5, 0.6) is 0 Å². The molecule has 0 aliphatic heterocycles. The van der Waals surface area contributed by atoms with Gasteiger partial charge >= 0.3 is 6.18 Å². The predicted octanol–water partition coefficient (Wildman–Crippen LogP) is 4.61. The molecule has 0 heterocycles. The van der Waals surface area contributed by atoms with Gasteiger partial charge < -0.3 is 0 Å². The van der Waals surface area contributed by atoms with Crippen LogP contribution in [-0.2, 0) is 6.18 Å². The lowest BCUT2D eigenvalue weighted by Gasteiger charge is -2.10. The summed E-state index contributed by atoms with van der Waals surface area (Å²) in [6.45, 7) is 0. The third kappa shape index (κ3) is 2.95. The van der Waals surface area contributed by atoms with Gasteiger partial charge in [-0.1, -0.05) is 0 Å². The number of halogens is 6. The average molecular weight is 366 g/mol. The Hall–Kier alpha value is -0.0700. The lowest BCUT2D eigenvalue weighted by atomic mass is 10.1. The number of carbonyl (C=O) groups is 1. The molecule has 0 radical (unpaired) electrons. The maximum atomic E-state index is 12.4. The third-order valence-electron chi connectivity index (χ3n) is 1.57. The summed E-state index contributed by atoms with van der Waals surface area (Å²) in [5.74, 6) is 0. The molecule has 1 aromatic rings. The summed E-state index contributed by atoms with van der Waals surface area (Å²) in [7, 11) is 0. The van der Waals surface area contributed by atoms with Crippen molar-refractivity contribution in [1.29, 1.82) is 0 Å². The molecule has 0 bridgehead atoms. The number of carbonyl (C=O) groups excluding carboxylic acids is 1. The Morgan fingerprint density at radius 3 is 2.20 bits per heavy atom. The van der Waals surface area contributed by atoms with Crippen LogP contribution in [-0.4, -0.2) is 5.24 Å².